The first-order valence-corrected chi connectivity index (χ1v) is 7.65. The van der Waals surface area contributed by atoms with Crippen molar-refractivity contribution in [2.45, 2.75) is 12.6 Å². The lowest BCUT2D eigenvalue weighted by molar-refractivity contribution is 0.552. The van der Waals surface area contributed by atoms with Crippen molar-refractivity contribution in [1.29, 1.82) is 0 Å². The van der Waals surface area contributed by atoms with E-state index in [-0.39, 0.29) is 11.9 Å². The van der Waals surface area contributed by atoms with Crippen LogP contribution in [0.25, 0.3) is 0 Å². The van der Waals surface area contributed by atoms with Crippen LogP contribution in [0, 0.1) is 5.82 Å². The van der Waals surface area contributed by atoms with E-state index >= 15 is 0 Å². The molecule has 0 fully saturated rings. The molecule has 3 nitrogen and oxygen atoms in total. The van der Waals surface area contributed by atoms with Gasteiger partial charge in [0.15, 0.2) is 0 Å². The second-order valence-electron chi connectivity index (χ2n) is 4.90. The number of aryl methyl sites for hydroxylation is 1. The van der Waals surface area contributed by atoms with Crippen LogP contribution >= 0.6 is 11.3 Å². The standard InChI is InChI=1S/C16H16FN3S/c1-20-7-6-18-16(20)15(13-3-2-4-14(17)9-13)19-10-12-5-8-21-11-12/h2-9,11,15,19H,10H2,1H3/t15-/m0/s1. The number of hydrogen-bond acceptors (Lipinski definition) is 3. The Balaban J connectivity index is 1.89. The van der Waals surface area contributed by atoms with Crippen molar-refractivity contribution in [3.63, 3.8) is 0 Å². The lowest BCUT2D eigenvalue weighted by Gasteiger charge is -2.19. The lowest BCUT2D eigenvalue weighted by Crippen LogP contribution is -2.24. The molecule has 3 rings (SSSR count). The molecule has 0 saturated carbocycles. The average molecular weight is 301 g/mol. The van der Waals surface area contributed by atoms with Crippen molar-refractivity contribution in [2.24, 2.45) is 7.05 Å². The fraction of sp³-hybridized carbons (Fsp3) is 0.188. The zero-order valence-corrected chi connectivity index (χ0v) is 12.5. The van der Waals surface area contributed by atoms with Gasteiger partial charge in [-0.05, 0) is 40.1 Å². The van der Waals surface area contributed by atoms with Gasteiger partial charge in [-0.25, -0.2) is 9.37 Å². The Morgan fingerprint density at radius 2 is 2.29 bits per heavy atom. The van der Waals surface area contributed by atoms with Crippen LogP contribution < -0.4 is 5.32 Å². The Kier molecular flexibility index (Phi) is 4.13. The second-order valence-corrected chi connectivity index (χ2v) is 5.68. The zero-order chi connectivity index (χ0) is 14.7. The lowest BCUT2D eigenvalue weighted by atomic mass is 10.1. The Morgan fingerprint density at radius 1 is 1.38 bits per heavy atom. The molecule has 5 heteroatoms. The molecule has 0 spiro atoms. The number of thiophene rings is 1. The monoisotopic (exact) mass is 301 g/mol. The van der Waals surface area contributed by atoms with Gasteiger partial charge in [-0.15, -0.1) is 0 Å². The highest BCUT2D eigenvalue weighted by molar-refractivity contribution is 7.07. The van der Waals surface area contributed by atoms with Crippen LogP contribution in [0.4, 0.5) is 4.39 Å². The summed E-state index contributed by atoms with van der Waals surface area (Å²) >= 11 is 1.67. The van der Waals surface area contributed by atoms with E-state index in [2.05, 4.69) is 27.1 Å². The molecule has 0 radical (unpaired) electrons. The van der Waals surface area contributed by atoms with Crippen molar-refractivity contribution < 1.29 is 4.39 Å². The van der Waals surface area contributed by atoms with Crippen LogP contribution in [0.1, 0.15) is 23.0 Å². The number of halogens is 1. The zero-order valence-electron chi connectivity index (χ0n) is 11.7. The van der Waals surface area contributed by atoms with E-state index < -0.39 is 0 Å². The highest BCUT2D eigenvalue weighted by Crippen LogP contribution is 2.22. The van der Waals surface area contributed by atoms with Gasteiger partial charge in [-0.2, -0.15) is 11.3 Å². The van der Waals surface area contributed by atoms with Gasteiger partial charge in [0.05, 0.1) is 6.04 Å². The minimum absolute atomic E-state index is 0.138. The molecule has 2 aromatic heterocycles. The van der Waals surface area contributed by atoms with Crippen molar-refractivity contribution in [3.8, 4) is 0 Å². The van der Waals surface area contributed by atoms with Gasteiger partial charge in [0, 0.05) is 26.0 Å². The van der Waals surface area contributed by atoms with Gasteiger partial charge in [-0.1, -0.05) is 12.1 Å². The van der Waals surface area contributed by atoms with Crippen LogP contribution in [-0.2, 0) is 13.6 Å². The predicted molar refractivity (Wildman–Crippen MR) is 82.6 cm³/mol. The van der Waals surface area contributed by atoms with Crippen molar-refractivity contribution in [2.75, 3.05) is 0 Å². The molecule has 0 saturated heterocycles. The van der Waals surface area contributed by atoms with E-state index in [1.165, 1.54) is 11.6 Å². The third kappa shape index (κ3) is 3.20. The van der Waals surface area contributed by atoms with Crippen LogP contribution in [0.3, 0.4) is 0 Å². The summed E-state index contributed by atoms with van der Waals surface area (Å²) in [6, 6.07) is 8.60. The molecular weight excluding hydrogens is 285 g/mol. The molecule has 21 heavy (non-hydrogen) atoms. The number of hydrogen-bond donors (Lipinski definition) is 1. The molecule has 0 amide bonds. The molecule has 0 aliphatic carbocycles. The molecule has 3 aromatic rings. The molecule has 1 N–H and O–H groups in total. The normalized spacial score (nSPS) is 12.5. The Labute approximate surface area is 127 Å². The number of benzene rings is 1. The summed E-state index contributed by atoms with van der Waals surface area (Å²) in [5.41, 5.74) is 2.09. The van der Waals surface area contributed by atoms with Gasteiger partial charge < -0.3 is 4.57 Å². The maximum absolute atomic E-state index is 13.5. The molecule has 2 heterocycles. The van der Waals surface area contributed by atoms with Crippen LogP contribution in [0.2, 0.25) is 0 Å². The third-order valence-corrected chi connectivity index (χ3v) is 4.12. The topological polar surface area (TPSA) is 29.9 Å². The van der Waals surface area contributed by atoms with Crippen molar-refractivity contribution in [1.82, 2.24) is 14.9 Å². The highest BCUT2D eigenvalue weighted by Gasteiger charge is 2.18. The Hall–Kier alpha value is -1.98. The van der Waals surface area contributed by atoms with E-state index in [1.54, 1.807) is 29.7 Å². The maximum atomic E-state index is 13.5. The fourth-order valence-electron chi connectivity index (χ4n) is 2.31. The third-order valence-electron chi connectivity index (χ3n) is 3.39. The number of imidazole rings is 1. The van der Waals surface area contributed by atoms with Crippen LogP contribution in [-0.4, -0.2) is 9.55 Å². The number of rotatable bonds is 5. The van der Waals surface area contributed by atoms with Gasteiger partial charge >= 0.3 is 0 Å². The highest BCUT2D eigenvalue weighted by atomic mass is 32.1. The van der Waals surface area contributed by atoms with Crippen molar-refractivity contribution in [3.05, 3.63) is 76.3 Å². The summed E-state index contributed by atoms with van der Waals surface area (Å²) in [4.78, 5) is 4.40. The molecule has 108 valence electrons. The van der Waals surface area contributed by atoms with Gasteiger partial charge in [-0.3, -0.25) is 5.32 Å². The van der Waals surface area contributed by atoms with Gasteiger partial charge in [0.25, 0.3) is 0 Å². The summed E-state index contributed by atoms with van der Waals surface area (Å²) in [5.74, 6) is 0.639. The maximum Gasteiger partial charge on any atom is 0.130 e. The SMILES string of the molecule is Cn1ccnc1[C@@H](NCc1ccsc1)c1cccc(F)c1. The summed E-state index contributed by atoms with van der Waals surface area (Å²) in [6.07, 6.45) is 3.65. The summed E-state index contributed by atoms with van der Waals surface area (Å²) in [6.45, 7) is 0.720. The van der Waals surface area contributed by atoms with E-state index in [4.69, 9.17) is 0 Å². The number of nitrogens with one attached hydrogen (secondary N) is 1. The average Bonchev–Trinajstić information content (AvgIpc) is 3.12. The van der Waals surface area contributed by atoms with Crippen LogP contribution in [0.5, 0.6) is 0 Å². The smallest absolute Gasteiger partial charge is 0.130 e. The largest absolute Gasteiger partial charge is 0.336 e. The molecule has 0 unspecified atom stereocenters. The summed E-state index contributed by atoms with van der Waals surface area (Å²) in [7, 11) is 1.95. The second kappa shape index (κ2) is 6.20. The quantitative estimate of drug-likeness (QED) is 0.781. The van der Waals surface area contributed by atoms with E-state index in [0.29, 0.717) is 0 Å². The first-order chi connectivity index (χ1) is 10.2. The minimum Gasteiger partial charge on any atom is -0.336 e. The Bertz CT molecular complexity index is 706. The first-order valence-electron chi connectivity index (χ1n) is 6.71. The molecular formula is C16H16FN3S. The minimum atomic E-state index is -0.232. The molecule has 0 bridgehead atoms. The number of nitrogens with zero attached hydrogens (tertiary/aromatic N) is 2. The van der Waals surface area contributed by atoms with Gasteiger partial charge in [0.2, 0.25) is 0 Å². The first kappa shape index (κ1) is 14.0. The van der Waals surface area contributed by atoms with E-state index in [9.17, 15) is 4.39 Å². The van der Waals surface area contributed by atoms with Crippen molar-refractivity contribution >= 4 is 11.3 Å². The summed E-state index contributed by atoms with van der Waals surface area (Å²) in [5, 5.41) is 7.62. The summed E-state index contributed by atoms with van der Waals surface area (Å²) < 4.78 is 15.5. The van der Waals surface area contributed by atoms with E-state index in [0.717, 1.165) is 17.9 Å². The number of aromatic nitrogens is 2. The van der Waals surface area contributed by atoms with Gasteiger partial charge in [0.1, 0.15) is 11.6 Å². The van der Waals surface area contributed by atoms with Crippen LogP contribution in [0.15, 0.2) is 53.5 Å². The fourth-order valence-corrected chi connectivity index (χ4v) is 2.98. The molecule has 1 atom stereocenters. The molecule has 0 aliphatic heterocycles. The molecule has 0 aliphatic rings. The Morgan fingerprint density at radius 3 is 2.95 bits per heavy atom. The predicted octanol–water partition coefficient (Wildman–Crippen LogP) is 3.50. The molecule has 1 aromatic carbocycles. The van der Waals surface area contributed by atoms with E-state index in [1.807, 2.05) is 23.9 Å².